The zero-order valence-electron chi connectivity index (χ0n) is 13.1. The molecular weight excluding hydrogens is 300 g/mol. The van der Waals surface area contributed by atoms with Crippen LogP contribution in [-0.2, 0) is 15.2 Å². The van der Waals surface area contributed by atoms with Gasteiger partial charge in [0, 0.05) is 11.8 Å². The molecule has 2 rings (SSSR count). The third kappa shape index (κ3) is 4.93. The maximum absolute atomic E-state index is 9.44. The van der Waals surface area contributed by atoms with E-state index in [1.165, 1.54) is 6.07 Å². The molecule has 0 saturated carbocycles. The van der Waals surface area contributed by atoms with Gasteiger partial charge in [0.15, 0.2) is 5.79 Å². The number of phenols is 2. The van der Waals surface area contributed by atoms with Gasteiger partial charge in [-0.2, -0.15) is 11.8 Å². The minimum absolute atomic E-state index is 0.0389. The summed E-state index contributed by atoms with van der Waals surface area (Å²) < 4.78 is 11.6. The van der Waals surface area contributed by atoms with Crippen molar-refractivity contribution >= 4 is 11.8 Å². The molecule has 1 aliphatic heterocycles. The molecule has 1 aromatic rings. The van der Waals surface area contributed by atoms with Gasteiger partial charge in [-0.05, 0) is 50.1 Å². The Kier molecular flexibility index (Phi) is 5.78. The van der Waals surface area contributed by atoms with E-state index in [1.54, 1.807) is 23.9 Å². The lowest BCUT2D eigenvalue weighted by Crippen LogP contribution is -2.21. The Morgan fingerprint density at radius 3 is 2.55 bits per heavy atom. The Morgan fingerprint density at radius 1 is 1.23 bits per heavy atom. The summed E-state index contributed by atoms with van der Waals surface area (Å²) in [5.41, 5.74) is 0.924. The van der Waals surface area contributed by atoms with E-state index in [0.29, 0.717) is 0 Å². The minimum atomic E-state index is -0.532. The Labute approximate surface area is 136 Å². The highest BCUT2D eigenvalue weighted by molar-refractivity contribution is 7.98. The molecule has 1 fully saturated rings. The van der Waals surface area contributed by atoms with Gasteiger partial charge in [0.2, 0.25) is 0 Å². The molecule has 22 heavy (non-hydrogen) atoms. The Morgan fingerprint density at radius 2 is 1.91 bits per heavy atom. The molecule has 1 aromatic carbocycles. The molecule has 1 saturated heterocycles. The van der Waals surface area contributed by atoms with Crippen LogP contribution in [0.2, 0.25) is 0 Å². The number of hydrogen-bond acceptors (Lipinski definition) is 5. The molecule has 2 N–H and O–H groups in total. The number of rotatable bonds is 7. The summed E-state index contributed by atoms with van der Waals surface area (Å²) in [6.07, 6.45) is 3.78. The van der Waals surface area contributed by atoms with Crippen LogP contribution in [0, 0.1) is 0 Å². The zero-order chi connectivity index (χ0) is 16.2. The number of thioether (sulfide) groups is 1. The summed E-state index contributed by atoms with van der Waals surface area (Å²) >= 11 is 1.77. The maximum Gasteiger partial charge on any atom is 0.164 e. The van der Waals surface area contributed by atoms with E-state index in [9.17, 15) is 10.2 Å². The predicted molar refractivity (Wildman–Crippen MR) is 89.2 cm³/mol. The summed E-state index contributed by atoms with van der Waals surface area (Å²) in [5.74, 6) is 1.42. The maximum atomic E-state index is 9.44. The lowest BCUT2D eigenvalue weighted by molar-refractivity contribution is -0.143. The number of phenolic OH excluding ortho intramolecular Hbond substituents is 2. The average molecular weight is 324 g/mol. The molecular formula is C17H24O4S. The average Bonchev–Trinajstić information content (AvgIpc) is 2.72. The molecule has 1 aliphatic rings. The highest BCUT2D eigenvalue weighted by atomic mass is 32.2. The van der Waals surface area contributed by atoms with Crippen LogP contribution in [0.1, 0.15) is 32.3 Å². The molecule has 5 heteroatoms. The fraction of sp³-hybridized carbons (Fsp3) is 0.529. The Balaban J connectivity index is 1.70. The van der Waals surface area contributed by atoms with Gasteiger partial charge in [-0.3, -0.25) is 0 Å². The van der Waals surface area contributed by atoms with E-state index in [1.807, 2.05) is 19.9 Å². The normalized spacial score (nSPS) is 23.5. The van der Waals surface area contributed by atoms with Crippen molar-refractivity contribution < 1.29 is 19.7 Å². The van der Waals surface area contributed by atoms with Gasteiger partial charge in [0.25, 0.3) is 0 Å². The highest BCUT2D eigenvalue weighted by Gasteiger charge is 2.38. The largest absolute Gasteiger partial charge is 0.508 e. The molecule has 2 atom stereocenters. The molecule has 0 amide bonds. The third-order valence-corrected chi connectivity index (χ3v) is 4.58. The fourth-order valence-corrected chi connectivity index (χ4v) is 3.52. The van der Waals surface area contributed by atoms with Crippen LogP contribution in [-0.4, -0.2) is 34.0 Å². The Hall–Kier alpha value is -1.17. The first-order valence-corrected chi connectivity index (χ1v) is 8.63. The van der Waals surface area contributed by atoms with Crippen molar-refractivity contribution in [2.75, 3.05) is 5.75 Å². The predicted octanol–water partition coefficient (Wildman–Crippen LogP) is 3.82. The van der Waals surface area contributed by atoms with Gasteiger partial charge in [-0.1, -0.05) is 6.08 Å². The summed E-state index contributed by atoms with van der Waals surface area (Å²) in [5, 5.41) is 18.9. The van der Waals surface area contributed by atoms with Crippen molar-refractivity contribution in [2.45, 2.75) is 50.4 Å². The second-order valence-corrected chi connectivity index (χ2v) is 7.03. The van der Waals surface area contributed by atoms with Crippen molar-refractivity contribution in [2.24, 2.45) is 0 Å². The molecule has 4 nitrogen and oxygen atoms in total. The van der Waals surface area contributed by atoms with Crippen LogP contribution >= 0.6 is 11.8 Å². The van der Waals surface area contributed by atoms with Gasteiger partial charge in [0.1, 0.15) is 17.6 Å². The van der Waals surface area contributed by atoms with Crippen LogP contribution in [0.3, 0.4) is 0 Å². The smallest absolute Gasteiger partial charge is 0.164 e. The Bertz CT molecular complexity index is 495. The highest BCUT2D eigenvalue weighted by Crippen LogP contribution is 2.31. The van der Waals surface area contributed by atoms with Crippen LogP contribution in [0.25, 0.3) is 0 Å². The molecule has 0 radical (unpaired) electrons. The third-order valence-electron chi connectivity index (χ3n) is 3.46. The summed E-state index contributed by atoms with van der Waals surface area (Å²) in [7, 11) is 0. The monoisotopic (exact) mass is 324 g/mol. The minimum Gasteiger partial charge on any atom is -0.508 e. The van der Waals surface area contributed by atoms with Crippen molar-refractivity contribution in [3.63, 3.8) is 0 Å². The standard InChI is InChI=1S/C17H24O4S/c1-4-15-16(21-17(2,3)20-15)6-5-7-22-11-12-8-13(18)10-14(19)9-12/h4,8-10,15-16,18-19H,1,5-7,11H2,2-3H3/t15-,16+/m1/s1. The van der Waals surface area contributed by atoms with Gasteiger partial charge < -0.3 is 19.7 Å². The lowest BCUT2D eigenvalue weighted by atomic mass is 10.1. The second-order valence-electron chi connectivity index (χ2n) is 5.93. The molecule has 122 valence electrons. The van der Waals surface area contributed by atoms with Gasteiger partial charge in [0.05, 0.1) is 6.10 Å². The summed E-state index contributed by atoms with van der Waals surface area (Å²) in [6.45, 7) is 7.65. The zero-order valence-corrected chi connectivity index (χ0v) is 13.9. The molecule has 0 spiro atoms. The van der Waals surface area contributed by atoms with Gasteiger partial charge in [-0.25, -0.2) is 0 Å². The number of benzene rings is 1. The quantitative estimate of drug-likeness (QED) is 0.590. The first-order chi connectivity index (χ1) is 10.4. The topological polar surface area (TPSA) is 58.9 Å². The lowest BCUT2D eigenvalue weighted by Gasteiger charge is -2.16. The number of hydrogen-bond donors (Lipinski definition) is 2. The second kappa shape index (κ2) is 7.40. The van der Waals surface area contributed by atoms with Crippen molar-refractivity contribution in [3.8, 4) is 11.5 Å². The SMILES string of the molecule is C=C[C@H]1OC(C)(C)O[C@H]1CCCSCc1cc(O)cc(O)c1. The molecule has 0 bridgehead atoms. The van der Waals surface area contributed by atoms with Crippen LogP contribution in [0.15, 0.2) is 30.9 Å². The van der Waals surface area contributed by atoms with Crippen molar-refractivity contribution in [3.05, 3.63) is 36.4 Å². The van der Waals surface area contributed by atoms with Crippen LogP contribution < -0.4 is 0 Å². The number of aromatic hydroxyl groups is 2. The van der Waals surface area contributed by atoms with E-state index in [2.05, 4.69) is 6.58 Å². The van der Waals surface area contributed by atoms with E-state index in [4.69, 9.17) is 9.47 Å². The van der Waals surface area contributed by atoms with E-state index < -0.39 is 5.79 Å². The number of ether oxygens (including phenoxy) is 2. The summed E-state index contributed by atoms with van der Waals surface area (Å²) in [6, 6.07) is 4.69. The molecule has 0 aliphatic carbocycles. The van der Waals surface area contributed by atoms with E-state index in [0.717, 1.165) is 29.9 Å². The van der Waals surface area contributed by atoms with Crippen molar-refractivity contribution in [1.82, 2.24) is 0 Å². The first-order valence-electron chi connectivity index (χ1n) is 7.47. The van der Waals surface area contributed by atoms with Gasteiger partial charge >= 0.3 is 0 Å². The van der Waals surface area contributed by atoms with Crippen LogP contribution in [0.4, 0.5) is 0 Å². The van der Waals surface area contributed by atoms with Gasteiger partial charge in [-0.15, -0.1) is 6.58 Å². The molecule has 0 unspecified atom stereocenters. The van der Waals surface area contributed by atoms with E-state index in [-0.39, 0.29) is 23.7 Å². The molecule has 0 aromatic heterocycles. The van der Waals surface area contributed by atoms with E-state index >= 15 is 0 Å². The summed E-state index contributed by atoms with van der Waals surface area (Å²) in [4.78, 5) is 0. The first kappa shape index (κ1) is 17.2. The fourth-order valence-electron chi connectivity index (χ4n) is 2.60. The van der Waals surface area contributed by atoms with Crippen molar-refractivity contribution in [1.29, 1.82) is 0 Å². The molecule has 1 heterocycles. The van der Waals surface area contributed by atoms with Crippen LogP contribution in [0.5, 0.6) is 11.5 Å².